The van der Waals surface area contributed by atoms with E-state index in [1.807, 2.05) is 37.3 Å². The standard InChI is InChI=1S/C16H22N2O2/c1-14-2-4-15(5-3-14)6-7-16(19)17-8-9-18-10-12-20-13-11-18/h2-7H,8-13H2,1H3,(H,17,19)/b7-6+. The van der Waals surface area contributed by atoms with Gasteiger partial charge in [-0.2, -0.15) is 0 Å². The summed E-state index contributed by atoms with van der Waals surface area (Å²) in [6, 6.07) is 8.09. The Morgan fingerprint density at radius 1 is 1.30 bits per heavy atom. The first-order valence-electron chi connectivity index (χ1n) is 7.07. The molecule has 0 radical (unpaired) electrons. The van der Waals surface area contributed by atoms with E-state index in [0.29, 0.717) is 6.54 Å². The molecule has 4 nitrogen and oxygen atoms in total. The van der Waals surface area contributed by atoms with Gasteiger partial charge in [-0.05, 0) is 18.6 Å². The zero-order valence-electron chi connectivity index (χ0n) is 12.0. The third kappa shape index (κ3) is 5.15. The van der Waals surface area contributed by atoms with Crippen LogP contribution >= 0.6 is 0 Å². The number of benzene rings is 1. The fraction of sp³-hybridized carbons (Fsp3) is 0.438. The van der Waals surface area contributed by atoms with Crippen LogP contribution in [0.1, 0.15) is 11.1 Å². The molecule has 1 heterocycles. The highest BCUT2D eigenvalue weighted by Gasteiger charge is 2.09. The van der Waals surface area contributed by atoms with Crippen LogP contribution in [-0.2, 0) is 9.53 Å². The first-order valence-corrected chi connectivity index (χ1v) is 7.07. The lowest BCUT2D eigenvalue weighted by atomic mass is 10.1. The Morgan fingerprint density at radius 3 is 2.70 bits per heavy atom. The van der Waals surface area contributed by atoms with E-state index in [4.69, 9.17) is 4.74 Å². The van der Waals surface area contributed by atoms with Gasteiger partial charge >= 0.3 is 0 Å². The number of hydrogen-bond donors (Lipinski definition) is 1. The van der Waals surface area contributed by atoms with Crippen LogP contribution < -0.4 is 5.32 Å². The molecule has 1 aromatic carbocycles. The molecule has 1 saturated heterocycles. The van der Waals surface area contributed by atoms with Gasteiger partial charge in [0.25, 0.3) is 0 Å². The maximum Gasteiger partial charge on any atom is 0.244 e. The van der Waals surface area contributed by atoms with Crippen molar-refractivity contribution in [1.82, 2.24) is 10.2 Å². The quantitative estimate of drug-likeness (QED) is 0.827. The monoisotopic (exact) mass is 274 g/mol. The van der Waals surface area contributed by atoms with E-state index in [2.05, 4.69) is 10.2 Å². The maximum atomic E-state index is 11.7. The van der Waals surface area contributed by atoms with Crippen molar-refractivity contribution in [2.45, 2.75) is 6.92 Å². The summed E-state index contributed by atoms with van der Waals surface area (Å²) in [6.45, 7) is 7.10. The van der Waals surface area contributed by atoms with Gasteiger partial charge in [0.2, 0.25) is 5.91 Å². The average molecular weight is 274 g/mol. The number of aryl methyl sites for hydroxylation is 1. The third-order valence-corrected chi connectivity index (χ3v) is 3.34. The molecule has 1 aliphatic rings. The van der Waals surface area contributed by atoms with Crippen LogP contribution in [0.5, 0.6) is 0 Å². The Morgan fingerprint density at radius 2 is 2.00 bits per heavy atom. The lowest BCUT2D eigenvalue weighted by molar-refractivity contribution is -0.116. The number of hydrogen-bond acceptors (Lipinski definition) is 3. The lowest BCUT2D eigenvalue weighted by Gasteiger charge is -2.26. The van der Waals surface area contributed by atoms with E-state index in [1.54, 1.807) is 6.08 Å². The molecule has 1 aliphatic heterocycles. The molecule has 1 aromatic rings. The van der Waals surface area contributed by atoms with Crippen molar-refractivity contribution in [3.05, 3.63) is 41.5 Å². The van der Waals surface area contributed by atoms with Crippen LogP contribution in [0.2, 0.25) is 0 Å². The summed E-state index contributed by atoms with van der Waals surface area (Å²) in [5, 5.41) is 2.90. The van der Waals surface area contributed by atoms with Gasteiger partial charge in [0.1, 0.15) is 0 Å². The molecular weight excluding hydrogens is 252 g/mol. The van der Waals surface area contributed by atoms with Crippen LogP contribution in [0.25, 0.3) is 6.08 Å². The molecule has 0 aromatic heterocycles. The van der Waals surface area contributed by atoms with E-state index in [-0.39, 0.29) is 5.91 Å². The molecule has 0 saturated carbocycles. The number of amides is 1. The summed E-state index contributed by atoms with van der Waals surface area (Å²) in [5.41, 5.74) is 2.26. The summed E-state index contributed by atoms with van der Waals surface area (Å²) >= 11 is 0. The second-order valence-corrected chi connectivity index (χ2v) is 4.99. The molecule has 1 amide bonds. The topological polar surface area (TPSA) is 41.6 Å². The van der Waals surface area contributed by atoms with E-state index < -0.39 is 0 Å². The Balaban J connectivity index is 1.68. The highest BCUT2D eigenvalue weighted by molar-refractivity contribution is 5.91. The highest BCUT2D eigenvalue weighted by Crippen LogP contribution is 2.04. The normalized spacial score (nSPS) is 16.4. The van der Waals surface area contributed by atoms with Gasteiger partial charge in [0, 0.05) is 32.3 Å². The first kappa shape index (κ1) is 14.8. The minimum Gasteiger partial charge on any atom is -0.379 e. The van der Waals surface area contributed by atoms with E-state index >= 15 is 0 Å². The minimum absolute atomic E-state index is 0.0427. The van der Waals surface area contributed by atoms with E-state index in [1.165, 1.54) is 5.56 Å². The molecule has 0 spiro atoms. The fourth-order valence-corrected chi connectivity index (χ4v) is 2.07. The van der Waals surface area contributed by atoms with Gasteiger partial charge in [-0.25, -0.2) is 0 Å². The molecule has 0 unspecified atom stereocenters. The Hall–Kier alpha value is -1.65. The molecule has 0 atom stereocenters. The second kappa shape index (κ2) is 7.82. The zero-order chi connectivity index (χ0) is 14.2. The lowest BCUT2D eigenvalue weighted by Crippen LogP contribution is -2.41. The summed E-state index contributed by atoms with van der Waals surface area (Å²) in [5.74, 6) is -0.0427. The van der Waals surface area contributed by atoms with Crippen molar-refractivity contribution in [3.63, 3.8) is 0 Å². The van der Waals surface area contributed by atoms with Crippen molar-refractivity contribution < 1.29 is 9.53 Å². The van der Waals surface area contributed by atoms with Crippen molar-refractivity contribution in [2.75, 3.05) is 39.4 Å². The number of rotatable bonds is 5. The van der Waals surface area contributed by atoms with E-state index in [9.17, 15) is 4.79 Å². The third-order valence-electron chi connectivity index (χ3n) is 3.34. The van der Waals surface area contributed by atoms with Gasteiger partial charge in [0.15, 0.2) is 0 Å². The Bertz CT molecular complexity index is 448. The molecule has 0 bridgehead atoms. The number of ether oxygens (including phenoxy) is 1. The predicted octanol–water partition coefficient (Wildman–Crippen LogP) is 1.46. The predicted molar refractivity (Wildman–Crippen MR) is 80.5 cm³/mol. The van der Waals surface area contributed by atoms with Crippen LogP contribution in [0.3, 0.4) is 0 Å². The molecule has 2 rings (SSSR count). The van der Waals surface area contributed by atoms with Crippen LogP contribution in [-0.4, -0.2) is 50.2 Å². The number of nitrogens with zero attached hydrogens (tertiary/aromatic N) is 1. The second-order valence-electron chi connectivity index (χ2n) is 4.99. The average Bonchev–Trinajstić information content (AvgIpc) is 2.48. The van der Waals surface area contributed by atoms with Gasteiger partial charge in [-0.3, -0.25) is 9.69 Å². The smallest absolute Gasteiger partial charge is 0.244 e. The molecule has 108 valence electrons. The van der Waals surface area contributed by atoms with Gasteiger partial charge in [-0.1, -0.05) is 29.8 Å². The molecule has 1 fully saturated rings. The Kier molecular flexibility index (Phi) is 5.77. The van der Waals surface area contributed by atoms with Gasteiger partial charge < -0.3 is 10.1 Å². The van der Waals surface area contributed by atoms with Gasteiger partial charge in [-0.15, -0.1) is 0 Å². The van der Waals surface area contributed by atoms with Crippen LogP contribution in [0.4, 0.5) is 0 Å². The zero-order valence-corrected chi connectivity index (χ0v) is 12.0. The number of carbonyl (C=O) groups excluding carboxylic acids is 1. The summed E-state index contributed by atoms with van der Waals surface area (Å²) in [7, 11) is 0. The molecule has 20 heavy (non-hydrogen) atoms. The number of carbonyl (C=O) groups is 1. The molecule has 0 aliphatic carbocycles. The van der Waals surface area contributed by atoms with Crippen molar-refractivity contribution >= 4 is 12.0 Å². The maximum absolute atomic E-state index is 11.7. The summed E-state index contributed by atoms with van der Waals surface area (Å²) < 4.78 is 5.28. The summed E-state index contributed by atoms with van der Waals surface area (Å²) in [6.07, 6.45) is 3.42. The minimum atomic E-state index is -0.0427. The molecular formula is C16H22N2O2. The largest absolute Gasteiger partial charge is 0.379 e. The number of morpholine rings is 1. The Labute approximate surface area is 120 Å². The number of nitrogens with one attached hydrogen (secondary N) is 1. The fourth-order valence-electron chi connectivity index (χ4n) is 2.07. The van der Waals surface area contributed by atoms with Crippen LogP contribution in [0.15, 0.2) is 30.3 Å². The van der Waals surface area contributed by atoms with Crippen molar-refractivity contribution in [1.29, 1.82) is 0 Å². The van der Waals surface area contributed by atoms with Crippen molar-refractivity contribution in [2.24, 2.45) is 0 Å². The summed E-state index contributed by atoms with van der Waals surface area (Å²) in [4.78, 5) is 14.0. The SMILES string of the molecule is Cc1ccc(/C=C/C(=O)NCCN2CCOCC2)cc1. The first-order chi connectivity index (χ1) is 9.74. The molecule has 1 N–H and O–H groups in total. The molecule has 4 heteroatoms. The van der Waals surface area contributed by atoms with Crippen molar-refractivity contribution in [3.8, 4) is 0 Å². The van der Waals surface area contributed by atoms with Crippen LogP contribution in [0, 0.1) is 6.92 Å². The van der Waals surface area contributed by atoms with E-state index in [0.717, 1.165) is 38.4 Å². The van der Waals surface area contributed by atoms with Gasteiger partial charge in [0.05, 0.1) is 13.2 Å². The highest BCUT2D eigenvalue weighted by atomic mass is 16.5.